The van der Waals surface area contributed by atoms with Gasteiger partial charge in [0.25, 0.3) is 5.91 Å². The van der Waals surface area contributed by atoms with Crippen molar-refractivity contribution in [3.63, 3.8) is 0 Å². The van der Waals surface area contributed by atoms with E-state index in [2.05, 4.69) is 34.2 Å². The van der Waals surface area contributed by atoms with Crippen molar-refractivity contribution in [2.24, 2.45) is 0 Å². The van der Waals surface area contributed by atoms with Crippen molar-refractivity contribution in [1.82, 2.24) is 30.0 Å². The highest BCUT2D eigenvalue weighted by Crippen LogP contribution is 2.40. The number of aromatic nitrogens is 5. The Hall–Kier alpha value is -3.22. The number of imidazole rings is 1. The monoisotopic (exact) mass is 402 g/mol. The van der Waals surface area contributed by atoms with Gasteiger partial charge < -0.3 is 10.3 Å². The fourth-order valence-electron chi connectivity index (χ4n) is 3.87. The van der Waals surface area contributed by atoms with Gasteiger partial charge in [0.15, 0.2) is 5.65 Å². The van der Waals surface area contributed by atoms with Crippen LogP contribution in [0.4, 0.5) is 0 Å². The van der Waals surface area contributed by atoms with Gasteiger partial charge in [0.05, 0.1) is 28.2 Å². The smallest absolute Gasteiger partial charge is 0.252 e. The predicted octanol–water partition coefficient (Wildman–Crippen LogP) is 4.13. The SMILES string of the molecule is CC(C)n1ncc2c(C(=O)NCCCc3nc4ccccc4[nH]3)cc(C3CC3)nc21. The Morgan fingerprint density at radius 2 is 2.10 bits per heavy atom. The van der Waals surface area contributed by atoms with Gasteiger partial charge in [0.2, 0.25) is 0 Å². The highest BCUT2D eigenvalue weighted by atomic mass is 16.1. The molecule has 0 atom stereocenters. The Bertz CT molecular complexity index is 1180. The molecule has 3 aromatic heterocycles. The first-order chi connectivity index (χ1) is 14.6. The van der Waals surface area contributed by atoms with Gasteiger partial charge >= 0.3 is 0 Å². The Balaban J connectivity index is 1.29. The summed E-state index contributed by atoms with van der Waals surface area (Å²) in [4.78, 5) is 25.7. The zero-order valence-electron chi connectivity index (χ0n) is 17.4. The standard InChI is InChI=1S/C23H26N6O/c1-14(2)29-22-17(13-25-29)16(12-20(28-22)15-9-10-15)23(30)24-11-5-8-21-26-18-6-3-4-7-19(18)27-21/h3-4,6-7,12-15H,5,8-11H2,1-2H3,(H,24,30)(H,26,27). The largest absolute Gasteiger partial charge is 0.352 e. The second-order valence-electron chi connectivity index (χ2n) is 8.35. The average Bonchev–Trinajstić information content (AvgIpc) is 3.36. The van der Waals surface area contributed by atoms with E-state index in [1.807, 2.05) is 35.0 Å². The maximum atomic E-state index is 13.0. The number of fused-ring (bicyclic) bond motifs is 2. The minimum Gasteiger partial charge on any atom is -0.352 e. The van der Waals surface area contributed by atoms with Crippen LogP contribution in [0.2, 0.25) is 0 Å². The van der Waals surface area contributed by atoms with Crippen LogP contribution in [0.15, 0.2) is 36.5 Å². The lowest BCUT2D eigenvalue weighted by atomic mass is 10.1. The summed E-state index contributed by atoms with van der Waals surface area (Å²) in [5.41, 5.74) is 4.52. The van der Waals surface area contributed by atoms with Gasteiger partial charge in [0.1, 0.15) is 5.82 Å². The molecule has 5 rings (SSSR count). The molecule has 154 valence electrons. The minimum absolute atomic E-state index is 0.0581. The minimum atomic E-state index is -0.0581. The molecular formula is C23H26N6O. The maximum Gasteiger partial charge on any atom is 0.252 e. The van der Waals surface area contributed by atoms with Crippen molar-refractivity contribution in [2.45, 2.75) is 51.5 Å². The normalized spacial score (nSPS) is 14.1. The summed E-state index contributed by atoms with van der Waals surface area (Å²) in [6, 6.07) is 10.2. The number of carbonyl (C=O) groups excluding carboxylic acids is 1. The van der Waals surface area contributed by atoms with Gasteiger partial charge in [-0.05, 0) is 51.3 Å². The summed E-state index contributed by atoms with van der Waals surface area (Å²) in [6.45, 7) is 4.75. The lowest BCUT2D eigenvalue weighted by molar-refractivity contribution is 0.0954. The number of pyridine rings is 1. The Morgan fingerprint density at radius 3 is 2.87 bits per heavy atom. The number of amides is 1. The number of H-pyrrole nitrogens is 1. The number of hydrogen-bond acceptors (Lipinski definition) is 4. The maximum absolute atomic E-state index is 13.0. The first-order valence-corrected chi connectivity index (χ1v) is 10.7. The number of carbonyl (C=O) groups is 1. The van der Waals surface area contributed by atoms with Gasteiger partial charge in [-0.25, -0.2) is 14.6 Å². The number of aromatic amines is 1. The third kappa shape index (κ3) is 3.56. The number of para-hydroxylation sites is 2. The van der Waals surface area contributed by atoms with Gasteiger partial charge in [-0.15, -0.1) is 0 Å². The molecule has 1 amide bonds. The van der Waals surface area contributed by atoms with E-state index in [4.69, 9.17) is 4.98 Å². The van der Waals surface area contributed by atoms with Crippen molar-refractivity contribution >= 4 is 28.0 Å². The van der Waals surface area contributed by atoms with Crippen LogP contribution in [0.3, 0.4) is 0 Å². The van der Waals surface area contributed by atoms with E-state index < -0.39 is 0 Å². The molecule has 1 fully saturated rings. The molecule has 0 saturated heterocycles. The van der Waals surface area contributed by atoms with Crippen LogP contribution in [0, 0.1) is 0 Å². The summed E-state index contributed by atoms with van der Waals surface area (Å²) < 4.78 is 1.90. The molecule has 1 saturated carbocycles. The van der Waals surface area contributed by atoms with E-state index in [-0.39, 0.29) is 11.9 Å². The molecule has 0 bridgehead atoms. The molecule has 1 aliphatic carbocycles. The highest BCUT2D eigenvalue weighted by molar-refractivity contribution is 6.05. The second kappa shape index (κ2) is 7.55. The fraction of sp³-hybridized carbons (Fsp3) is 0.391. The summed E-state index contributed by atoms with van der Waals surface area (Å²) in [7, 11) is 0. The van der Waals surface area contributed by atoms with Crippen LogP contribution >= 0.6 is 0 Å². The number of aryl methyl sites for hydroxylation is 1. The molecule has 4 aromatic rings. The molecule has 1 aromatic carbocycles. The quantitative estimate of drug-likeness (QED) is 0.455. The Morgan fingerprint density at radius 1 is 1.27 bits per heavy atom. The highest BCUT2D eigenvalue weighted by Gasteiger charge is 2.28. The van der Waals surface area contributed by atoms with Crippen LogP contribution in [-0.2, 0) is 6.42 Å². The molecule has 30 heavy (non-hydrogen) atoms. The van der Waals surface area contributed by atoms with Gasteiger partial charge in [0, 0.05) is 30.6 Å². The van der Waals surface area contributed by atoms with E-state index >= 15 is 0 Å². The van der Waals surface area contributed by atoms with E-state index in [0.29, 0.717) is 18.0 Å². The number of nitrogens with zero attached hydrogens (tertiary/aromatic N) is 4. The number of benzene rings is 1. The first-order valence-electron chi connectivity index (χ1n) is 10.7. The summed E-state index contributed by atoms with van der Waals surface area (Å²) in [6.07, 6.45) is 5.67. The van der Waals surface area contributed by atoms with Crippen molar-refractivity contribution in [2.75, 3.05) is 6.54 Å². The third-order valence-electron chi connectivity index (χ3n) is 5.63. The summed E-state index contributed by atoms with van der Waals surface area (Å²) >= 11 is 0. The second-order valence-corrected chi connectivity index (χ2v) is 8.35. The molecule has 7 nitrogen and oxygen atoms in total. The summed E-state index contributed by atoms with van der Waals surface area (Å²) in [5, 5.41) is 8.37. The molecular weight excluding hydrogens is 376 g/mol. The molecule has 0 spiro atoms. The van der Waals surface area contributed by atoms with E-state index in [9.17, 15) is 4.79 Å². The third-order valence-corrected chi connectivity index (χ3v) is 5.63. The van der Waals surface area contributed by atoms with Crippen molar-refractivity contribution in [1.29, 1.82) is 0 Å². The topological polar surface area (TPSA) is 88.5 Å². The predicted molar refractivity (Wildman–Crippen MR) is 117 cm³/mol. The van der Waals surface area contributed by atoms with Gasteiger partial charge in [-0.1, -0.05) is 12.1 Å². The molecule has 0 radical (unpaired) electrons. The Kier molecular flexibility index (Phi) is 4.73. The lowest BCUT2D eigenvalue weighted by Gasteiger charge is -2.10. The average molecular weight is 403 g/mol. The Labute approximate surface area is 174 Å². The summed E-state index contributed by atoms with van der Waals surface area (Å²) in [5.74, 6) is 1.37. The van der Waals surface area contributed by atoms with Gasteiger partial charge in [-0.2, -0.15) is 5.10 Å². The lowest BCUT2D eigenvalue weighted by Crippen LogP contribution is -2.25. The van der Waals surface area contributed by atoms with E-state index in [1.54, 1.807) is 6.20 Å². The fourth-order valence-corrected chi connectivity index (χ4v) is 3.87. The molecule has 1 aliphatic rings. The molecule has 2 N–H and O–H groups in total. The van der Waals surface area contributed by atoms with Crippen LogP contribution in [0.25, 0.3) is 22.1 Å². The molecule has 0 aliphatic heterocycles. The van der Waals surface area contributed by atoms with E-state index in [1.165, 1.54) is 0 Å². The molecule has 0 unspecified atom stereocenters. The first kappa shape index (κ1) is 18.8. The van der Waals surface area contributed by atoms with Crippen molar-refractivity contribution in [3.05, 3.63) is 53.6 Å². The van der Waals surface area contributed by atoms with Crippen LogP contribution in [0.1, 0.15) is 66.9 Å². The van der Waals surface area contributed by atoms with E-state index in [0.717, 1.165) is 59.3 Å². The van der Waals surface area contributed by atoms with Crippen molar-refractivity contribution < 1.29 is 4.79 Å². The molecule has 7 heteroatoms. The zero-order valence-corrected chi connectivity index (χ0v) is 17.4. The van der Waals surface area contributed by atoms with Gasteiger partial charge in [-0.3, -0.25) is 4.79 Å². The molecule has 3 heterocycles. The van der Waals surface area contributed by atoms with Crippen LogP contribution < -0.4 is 5.32 Å². The number of rotatable bonds is 7. The van der Waals surface area contributed by atoms with Crippen LogP contribution in [-0.4, -0.2) is 37.2 Å². The zero-order chi connectivity index (χ0) is 20.7. The number of hydrogen-bond donors (Lipinski definition) is 2. The number of nitrogens with one attached hydrogen (secondary N) is 2. The van der Waals surface area contributed by atoms with Crippen LogP contribution in [0.5, 0.6) is 0 Å². The van der Waals surface area contributed by atoms with Crippen molar-refractivity contribution in [3.8, 4) is 0 Å².